The van der Waals surface area contributed by atoms with E-state index >= 15 is 0 Å². The van der Waals surface area contributed by atoms with Crippen molar-refractivity contribution in [3.63, 3.8) is 0 Å². The van der Waals surface area contributed by atoms with Crippen LogP contribution < -0.4 is 11.1 Å². The molecule has 2 unspecified atom stereocenters. The lowest BCUT2D eigenvalue weighted by Gasteiger charge is -2.13. The SMILES string of the molecule is CCC(CCN)CCC(=O)NCC(O)C(=O)O. The lowest BCUT2D eigenvalue weighted by atomic mass is 9.96. The number of carbonyl (C=O) groups excluding carboxylic acids is 1. The Kier molecular flexibility index (Phi) is 8.35. The topological polar surface area (TPSA) is 113 Å². The van der Waals surface area contributed by atoms with Crippen LogP contribution in [0, 0.1) is 5.92 Å². The van der Waals surface area contributed by atoms with Crippen molar-refractivity contribution in [2.75, 3.05) is 13.1 Å². The zero-order chi connectivity index (χ0) is 13.3. The summed E-state index contributed by atoms with van der Waals surface area (Å²) in [5, 5.41) is 19.7. The zero-order valence-electron chi connectivity index (χ0n) is 10.2. The molecule has 0 aliphatic rings. The summed E-state index contributed by atoms with van der Waals surface area (Å²) in [6.45, 7) is 2.41. The van der Waals surface area contributed by atoms with Crippen LogP contribution in [0.3, 0.4) is 0 Å². The van der Waals surface area contributed by atoms with E-state index < -0.39 is 12.1 Å². The first-order valence-corrected chi connectivity index (χ1v) is 5.88. The third-order valence-corrected chi connectivity index (χ3v) is 2.71. The van der Waals surface area contributed by atoms with Crippen molar-refractivity contribution < 1.29 is 19.8 Å². The monoisotopic (exact) mass is 246 g/mol. The molecule has 2 atom stereocenters. The van der Waals surface area contributed by atoms with Crippen LogP contribution in [-0.4, -0.2) is 41.3 Å². The third kappa shape index (κ3) is 7.70. The van der Waals surface area contributed by atoms with Crippen molar-refractivity contribution in [2.24, 2.45) is 11.7 Å². The maximum atomic E-state index is 11.3. The number of aliphatic carboxylic acids is 1. The molecule has 0 aromatic heterocycles. The van der Waals surface area contributed by atoms with Gasteiger partial charge in [-0.1, -0.05) is 13.3 Å². The first-order chi connectivity index (χ1) is 8.01. The highest BCUT2D eigenvalue weighted by Crippen LogP contribution is 2.14. The number of hydrogen-bond donors (Lipinski definition) is 4. The van der Waals surface area contributed by atoms with Crippen molar-refractivity contribution in [1.29, 1.82) is 0 Å². The second-order valence-electron chi connectivity index (χ2n) is 4.05. The van der Waals surface area contributed by atoms with Gasteiger partial charge < -0.3 is 21.3 Å². The van der Waals surface area contributed by atoms with Gasteiger partial charge in [-0.05, 0) is 25.3 Å². The number of rotatable bonds is 9. The summed E-state index contributed by atoms with van der Waals surface area (Å²) in [5.74, 6) is -1.14. The molecule has 0 heterocycles. The van der Waals surface area contributed by atoms with E-state index in [2.05, 4.69) is 5.32 Å². The first kappa shape index (κ1) is 15.9. The molecule has 0 aromatic carbocycles. The Bertz CT molecular complexity index is 246. The number of aliphatic hydroxyl groups excluding tert-OH is 1. The molecule has 0 saturated heterocycles. The van der Waals surface area contributed by atoms with E-state index in [1.807, 2.05) is 6.92 Å². The molecule has 100 valence electrons. The van der Waals surface area contributed by atoms with Crippen molar-refractivity contribution in [2.45, 2.75) is 38.7 Å². The van der Waals surface area contributed by atoms with Gasteiger partial charge in [0.05, 0.1) is 6.54 Å². The van der Waals surface area contributed by atoms with Gasteiger partial charge in [0.25, 0.3) is 0 Å². The van der Waals surface area contributed by atoms with Crippen molar-refractivity contribution in [3.8, 4) is 0 Å². The highest BCUT2D eigenvalue weighted by molar-refractivity contribution is 5.77. The fourth-order valence-electron chi connectivity index (χ4n) is 1.51. The van der Waals surface area contributed by atoms with Crippen LogP contribution in [0.25, 0.3) is 0 Å². The molecule has 1 amide bonds. The fourth-order valence-corrected chi connectivity index (χ4v) is 1.51. The van der Waals surface area contributed by atoms with Crippen molar-refractivity contribution in [3.05, 3.63) is 0 Å². The number of aliphatic hydroxyl groups is 1. The highest BCUT2D eigenvalue weighted by Gasteiger charge is 2.14. The number of nitrogens with two attached hydrogens (primary N) is 1. The molecule has 0 rings (SSSR count). The van der Waals surface area contributed by atoms with E-state index in [4.69, 9.17) is 15.9 Å². The maximum Gasteiger partial charge on any atom is 0.334 e. The molecule has 0 bridgehead atoms. The highest BCUT2D eigenvalue weighted by atomic mass is 16.4. The molecule has 0 aliphatic heterocycles. The summed E-state index contributed by atoms with van der Waals surface area (Å²) < 4.78 is 0. The summed E-state index contributed by atoms with van der Waals surface area (Å²) in [6.07, 6.45) is 1.40. The second-order valence-corrected chi connectivity index (χ2v) is 4.05. The van der Waals surface area contributed by atoms with Gasteiger partial charge in [-0.3, -0.25) is 4.79 Å². The van der Waals surface area contributed by atoms with Crippen molar-refractivity contribution >= 4 is 11.9 Å². The maximum absolute atomic E-state index is 11.3. The van der Waals surface area contributed by atoms with Crippen LogP contribution >= 0.6 is 0 Å². The Morgan fingerprint density at radius 3 is 2.47 bits per heavy atom. The largest absolute Gasteiger partial charge is 0.479 e. The molecule has 0 fully saturated rings. The van der Waals surface area contributed by atoms with Crippen LogP contribution in [0.2, 0.25) is 0 Å². The number of nitrogens with one attached hydrogen (secondary N) is 1. The number of carbonyl (C=O) groups is 2. The molecular formula is C11H22N2O4. The van der Waals surface area contributed by atoms with E-state index in [9.17, 15) is 9.59 Å². The van der Waals surface area contributed by atoms with Crippen LogP contribution in [-0.2, 0) is 9.59 Å². The van der Waals surface area contributed by atoms with Crippen molar-refractivity contribution in [1.82, 2.24) is 5.32 Å². The first-order valence-electron chi connectivity index (χ1n) is 5.88. The van der Waals surface area contributed by atoms with Gasteiger partial charge in [0.15, 0.2) is 6.10 Å². The van der Waals surface area contributed by atoms with E-state index in [1.54, 1.807) is 0 Å². The molecule has 0 saturated carbocycles. The molecule has 0 radical (unpaired) electrons. The van der Waals surface area contributed by atoms with E-state index in [1.165, 1.54) is 0 Å². The van der Waals surface area contributed by atoms with Crippen LogP contribution in [0.1, 0.15) is 32.6 Å². The quantitative estimate of drug-likeness (QED) is 0.446. The number of carboxylic acids is 1. The predicted molar refractivity (Wildman–Crippen MR) is 63.3 cm³/mol. The molecule has 5 N–H and O–H groups in total. The summed E-state index contributed by atoms with van der Waals surface area (Å²) in [7, 11) is 0. The predicted octanol–water partition coefficient (Wildman–Crippen LogP) is -0.297. The van der Waals surface area contributed by atoms with Crippen LogP contribution in [0.4, 0.5) is 0 Å². The minimum Gasteiger partial charge on any atom is -0.479 e. The Morgan fingerprint density at radius 1 is 1.35 bits per heavy atom. The van der Waals surface area contributed by atoms with E-state index in [-0.39, 0.29) is 12.5 Å². The van der Waals surface area contributed by atoms with Gasteiger partial charge in [0, 0.05) is 6.42 Å². The minimum atomic E-state index is -1.54. The van der Waals surface area contributed by atoms with Gasteiger partial charge >= 0.3 is 5.97 Å². The minimum absolute atomic E-state index is 0.235. The standard InChI is InChI=1S/C11H22N2O4/c1-2-8(5-6-12)3-4-10(15)13-7-9(14)11(16)17/h8-9,14H,2-7,12H2,1H3,(H,13,15)(H,16,17). The van der Waals surface area contributed by atoms with E-state index in [0.29, 0.717) is 18.9 Å². The number of hydrogen-bond acceptors (Lipinski definition) is 4. The third-order valence-electron chi connectivity index (χ3n) is 2.71. The lowest BCUT2D eigenvalue weighted by molar-refractivity contribution is -0.146. The van der Waals surface area contributed by atoms with Crippen LogP contribution in [0.15, 0.2) is 0 Å². The van der Waals surface area contributed by atoms with Gasteiger partial charge in [-0.2, -0.15) is 0 Å². The van der Waals surface area contributed by atoms with E-state index in [0.717, 1.165) is 19.3 Å². The molecule has 17 heavy (non-hydrogen) atoms. The molecule has 0 aliphatic carbocycles. The Balaban J connectivity index is 3.75. The van der Waals surface area contributed by atoms with Gasteiger partial charge in [-0.25, -0.2) is 4.79 Å². The Morgan fingerprint density at radius 2 is 2.00 bits per heavy atom. The Labute approximate surface area is 101 Å². The molecule has 0 spiro atoms. The summed E-state index contributed by atoms with van der Waals surface area (Å²) >= 11 is 0. The zero-order valence-corrected chi connectivity index (χ0v) is 10.2. The summed E-state index contributed by atoms with van der Waals surface area (Å²) in [5.41, 5.74) is 5.44. The number of carboxylic acid groups (broad SMARTS) is 1. The van der Waals surface area contributed by atoms with Gasteiger partial charge in [0.2, 0.25) is 5.91 Å². The smallest absolute Gasteiger partial charge is 0.334 e. The Hall–Kier alpha value is -1.14. The summed E-state index contributed by atoms with van der Waals surface area (Å²) in [4.78, 5) is 21.6. The van der Waals surface area contributed by atoms with Gasteiger partial charge in [-0.15, -0.1) is 0 Å². The number of amides is 1. The fraction of sp³-hybridized carbons (Fsp3) is 0.818. The second kappa shape index (κ2) is 8.95. The average molecular weight is 246 g/mol. The lowest BCUT2D eigenvalue weighted by Crippen LogP contribution is -2.36. The molecule has 6 nitrogen and oxygen atoms in total. The normalized spacial score (nSPS) is 14.1. The molecule has 6 heteroatoms. The summed E-state index contributed by atoms with van der Waals surface area (Å²) in [6, 6.07) is 0. The molecular weight excluding hydrogens is 224 g/mol. The molecule has 0 aromatic rings. The van der Waals surface area contributed by atoms with Gasteiger partial charge in [0.1, 0.15) is 0 Å². The van der Waals surface area contributed by atoms with Crippen LogP contribution in [0.5, 0.6) is 0 Å². The average Bonchev–Trinajstić information content (AvgIpc) is 2.31.